The third-order valence-corrected chi connectivity index (χ3v) is 5.22. The zero-order chi connectivity index (χ0) is 20.5. The standard InChI is InChI=1S/C22H23FN4O2/c1-3-4-20(28)19-5-12(2)16(11-25-19)18-6-13-10-26-21(7-14(13)9-24-18)27-22(29)15-8-17(15)23/h5-7,9-11,15,17,20,28H,3-4,8H2,1-2H3,(H,26,27,29)/t15-,17+,20?/m0/s1. The number of aromatic nitrogens is 3. The molecule has 0 aliphatic heterocycles. The Kier molecular flexibility index (Phi) is 5.24. The maximum absolute atomic E-state index is 13.0. The zero-order valence-corrected chi connectivity index (χ0v) is 16.4. The van der Waals surface area contributed by atoms with Crippen molar-refractivity contribution in [2.75, 3.05) is 5.32 Å². The van der Waals surface area contributed by atoms with Crippen molar-refractivity contribution in [3.8, 4) is 11.3 Å². The molecule has 3 heterocycles. The fourth-order valence-corrected chi connectivity index (χ4v) is 3.36. The number of aliphatic hydroxyl groups excluding tert-OH is 1. The molecule has 29 heavy (non-hydrogen) atoms. The van der Waals surface area contributed by atoms with Crippen LogP contribution in [0, 0.1) is 12.8 Å². The number of pyridine rings is 3. The molecule has 1 saturated carbocycles. The summed E-state index contributed by atoms with van der Waals surface area (Å²) < 4.78 is 13.0. The number of aryl methyl sites for hydroxylation is 1. The second-order valence-electron chi connectivity index (χ2n) is 7.56. The number of amides is 1. The maximum Gasteiger partial charge on any atom is 0.231 e. The molecule has 0 bridgehead atoms. The summed E-state index contributed by atoms with van der Waals surface area (Å²) in [7, 11) is 0. The molecule has 0 spiro atoms. The Morgan fingerprint density at radius 2 is 1.93 bits per heavy atom. The second-order valence-corrected chi connectivity index (χ2v) is 7.56. The predicted molar refractivity (Wildman–Crippen MR) is 109 cm³/mol. The Morgan fingerprint density at radius 3 is 2.62 bits per heavy atom. The molecule has 7 heteroatoms. The summed E-state index contributed by atoms with van der Waals surface area (Å²) in [5, 5.41) is 14.5. The van der Waals surface area contributed by atoms with E-state index in [1.165, 1.54) is 0 Å². The van der Waals surface area contributed by atoms with Crippen LogP contribution in [0.15, 0.2) is 36.8 Å². The summed E-state index contributed by atoms with van der Waals surface area (Å²) in [4.78, 5) is 25.1. The van der Waals surface area contributed by atoms with E-state index in [-0.39, 0.29) is 12.3 Å². The molecule has 0 saturated heterocycles. The average Bonchev–Trinajstić information content (AvgIpc) is 3.44. The molecular weight excluding hydrogens is 371 g/mol. The van der Waals surface area contributed by atoms with Crippen molar-refractivity contribution < 1.29 is 14.3 Å². The van der Waals surface area contributed by atoms with Gasteiger partial charge in [0.1, 0.15) is 12.0 Å². The minimum absolute atomic E-state index is 0.284. The van der Waals surface area contributed by atoms with Gasteiger partial charge in [-0.1, -0.05) is 13.3 Å². The summed E-state index contributed by atoms with van der Waals surface area (Å²) in [6.45, 7) is 4.00. The second kappa shape index (κ2) is 7.83. The lowest BCUT2D eigenvalue weighted by molar-refractivity contribution is -0.117. The first-order valence-corrected chi connectivity index (χ1v) is 9.82. The fraction of sp³-hybridized carbons (Fsp3) is 0.364. The van der Waals surface area contributed by atoms with E-state index in [2.05, 4.69) is 20.3 Å². The van der Waals surface area contributed by atoms with Crippen LogP contribution in [0.5, 0.6) is 0 Å². The van der Waals surface area contributed by atoms with Gasteiger partial charge in [-0.3, -0.25) is 14.8 Å². The molecule has 2 N–H and O–H groups in total. The van der Waals surface area contributed by atoms with Crippen LogP contribution in [0.4, 0.5) is 10.2 Å². The summed E-state index contributed by atoms with van der Waals surface area (Å²) in [5.41, 5.74) is 3.30. The molecule has 1 unspecified atom stereocenters. The normalized spacial score (nSPS) is 19.2. The Balaban J connectivity index is 1.57. The number of fused-ring (bicyclic) bond motifs is 1. The van der Waals surface area contributed by atoms with E-state index in [1.807, 2.05) is 26.0 Å². The molecule has 3 atom stereocenters. The molecule has 6 nitrogen and oxygen atoms in total. The summed E-state index contributed by atoms with van der Waals surface area (Å²) in [6, 6.07) is 5.54. The number of hydrogen-bond donors (Lipinski definition) is 2. The number of carbonyl (C=O) groups is 1. The van der Waals surface area contributed by atoms with Crippen LogP contribution in [0.1, 0.15) is 43.5 Å². The monoisotopic (exact) mass is 394 g/mol. The molecule has 1 aliphatic carbocycles. The first-order valence-electron chi connectivity index (χ1n) is 9.82. The Bertz CT molecular complexity index is 1070. The number of aliphatic hydroxyl groups is 1. The van der Waals surface area contributed by atoms with Gasteiger partial charge in [0.2, 0.25) is 5.91 Å². The van der Waals surface area contributed by atoms with Crippen LogP contribution in [0.3, 0.4) is 0 Å². The van der Waals surface area contributed by atoms with Gasteiger partial charge in [-0.15, -0.1) is 0 Å². The molecule has 150 valence electrons. The predicted octanol–water partition coefficient (Wildman–Crippen LogP) is 4.13. The molecular formula is C22H23FN4O2. The highest BCUT2D eigenvalue weighted by atomic mass is 19.1. The Hall–Kier alpha value is -2.93. The summed E-state index contributed by atoms with van der Waals surface area (Å²) >= 11 is 0. The topological polar surface area (TPSA) is 88.0 Å². The number of carbonyl (C=O) groups excluding carboxylic acids is 1. The lowest BCUT2D eigenvalue weighted by Gasteiger charge is -2.12. The first-order chi connectivity index (χ1) is 14.0. The van der Waals surface area contributed by atoms with E-state index in [1.54, 1.807) is 24.7 Å². The minimum Gasteiger partial charge on any atom is -0.387 e. The van der Waals surface area contributed by atoms with Crippen molar-refractivity contribution in [1.29, 1.82) is 0 Å². The summed E-state index contributed by atoms with van der Waals surface area (Å²) in [5.74, 6) is -0.494. The SMILES string of the molecule is CCCC(O)c1cc(C)c(-c2cc3cnc(NC(=O)[C@H]4C[C@H]4F)cc3cn2)cn1. The highest BCUT2D eigenvalue weighted by Gasteiger charge is 2.43. The maximum atomic E-state index is 13.0. The van der Waals surface area contributed by atoms with Gasteiger partial charge < -0.3 is 10.4 Å². The van der Waals surface area contributed by atoms with Crippen molar-refractivity contribution >= 4 is 22.5 Å². The average molecular weight is 394 g/mol. The summed E-state index contributed by atoms with van der Waals surface area (Å²) in [6.07, 6.45) is 5.38. The van der Waals surface area contributed by atoms with Crippen LogP contribution in [-0.2, 0) is 4.79 Å². The van der Waals surface area contributed by atoms with E-state index in [0.717, 1.165) is 34.0 Å². The van der Waals surface area contributed by atoms with Gasteiger partial charge in [0.25, 0.3) is 0 Å². The lowest BCUT2D eigenvalue weighted by Crippen LogP contribution is -2.15. The molecule has 3 aromatic rings. The molecule has 0 aromatic carbocycles. The number of halogens is 1. The zero-order valence-electron chi connectivity index (χ0n) is 16.4. The number of alkyl halides is 1. The largest absolute Gasteiger partial charge is 0.387 e. The molecule has 1 fully saturated rings. The van der Waals surface area contributed by atoms with Gasteiger partial charge in [-0.25, -0.2) is 9.37 Å². The van der Waals surface area contributed by atoms with Crippen LogP contribution in [-0.4, -0.2) is 32.1 Å². The van der Waals surface area contributed by atoms with Gasteiger partial charge in [-0.05, 0) is 43.5 Å². The van der Waals surface area contributed by atoms with E-state index < -0.39 is 18.2 Å². The lowest BCUT2D eigenvalue weighted by atomic mass is 10.0. The van der Waals surface area contributed by atoms with Crippen molar-refractivity contribution in [2.45, 2.75) is 45.4 Å². The highest BCUT2D eigenvalue weighted by Crippen LogP contribution is 2.34. The van der Waals surface area contributed by atoms with Gasteiger partial charge in [0, 0.05) is 34.9 Å². The number of hydrogen-bond acceptors (Lipinski definition) is 5. The van der Waals surface area contributed by atoms with Crippen LogP contribution in [0.2, 0.25) is 0 Å². The Labute approximate surface area is 168 Å². The van der Waals surface area contributed by atoms with Crippen molar-refractivity contribution in [1.82, 2.24) is 15.0 Å². The van der Waals surface area contributed by atoms with E-state index >= 15 is 0 Å². The van der Waals surface area contributed by atoms with Gasteiger partial charge >= 0.3 is 0 Å². The molecule has 0 radical (unpaired) electrons. The number of nitrogens with zero attached hydrogens (tertiary/aromatic N) is 3. The van der Waals surface area contributed by atoms with Crippen molar-refractivity contribution in [3.63, 3.8) is 0 Å². The van der Waals surface area contributed by atoms with Crippen molar-refractivity contribution in [3.05, 3.63) is 48.0 Å². The van der Waals surface area contributed by atoms with Crippen molar-refractivity contribution in [2.24, 2.45) is 5.92 Å². The number of rotatable bonds is 6. The van der Waals surface area contributed by atoms with E-state index in [0.29, 0.717) is 17.9 Å². The van der Waals surface area contributed by atoms with E-state index in [4.69, 9.17) is 0 Å². The number of nitrogens with one attached hydrogen (secondary N) is 1. The highest BCUT2D eigenvalue weighted by molar-refractivity contribution is 5.96. The van der Waals surface area contributed by atoms with Gasteiger partial charge in [0.15, 0.2) is 0 Å². The van der Waals surface area contributed by atoms with Gasteiger partial charge in [0.05, 0.1) is 23.4 Å². The molecule has 3 aromatic heterocycles. The third-order valence-electron chi connectivity index (χ3n) is 5.22. The first kappa shape index (κ1) is 19.4. The van der Waals surface area contributed by atoms with Crippen LogP contribution in [0.25, 0.3) is 22.0 Å². The molecule has 1 aliphatic rings. The van der Waals surface area contributed by atoms with Crippen LogP contribution < -0.4 is 5.32 Å². The van der Waals surface area contributed by atoms with Gasteiger partial charge in [-0.2, -0.15) is 0 Å². The third kappa shape index (κ3) is 4.10. The van der Waals surface area contributed by atoms with E-state index in [9.17, 15) is 14.3 Å². The smallest absolute Gasteiger partial charge is 0.231 e. The quantitative estimate of drug-likeness (QED) is 0.656. The van der Waals surface area contributed by atoms with Crippen LogP contribution >= 0.6 is 0 Å². The molecule has 4 rings (SSSR count). The number of anilines is 1. The fourth-order valence-electron chi connectivity index (χ4n) is 3.36. The Morgan fingerprint density at radius 1 is 1.21 bits per heavy atom. The molecule has 1 amide bonds. The minimum atomic E-state index is -1.04.